The molecule has 0 aliphatic carbocycles. The number of anilines is 1. The van der Waals surface area contributed by atoms with Crippen molar-refractivity contribution in [3.05, 3.63) is 54.1 Å². The Morgan fingerprint density at radius 2 is 1.65 bits per heavy atom. The summed E-state index contributed by atoms with van der Waals surface area (Å²) in [4.78, 5) is 0. The summed E-state index contributed by atoms with van der Waals surface area (Å²) in [6.45, 7) is 0. The first-order valence-electron chi connectivity index (χ1n) is 6.09. The van der Waals surface area contributed by atoms with Crippen LogP contribution in [-0.4, -0.2) is 17.2 Å². The monoisotopic (exact) mass is 271 g/mol. The third-order valence-corrected chi connectivity index (χ3v) is 3.12. The number of nitrogens with zero attached hydrogens (tertiary/aromatic N) is 2. The maximum atomic E-state index is 13.4. The third kappa shape index (κ3) is 1.97. The molecule has 2 aromatic carbocycles. The zero-order chi connectivity index (χ0) is 14.1. The van der Waals surface area contributed by atoms with Crippen LogP contribution in [0.4, 0.5) is 14.6 Å². The van der Waals surface area contributed by atoms with Gasteiger partial charge < -0.3 is 5.32 Å². The van der Waals surface area contributed by atoms with Gasteiger partial charge in [-0.3, -0.25) is 0 Å². The molecule has 20 heavy (non-hydrogen) atoms. The highest BCUT2D eigenvalue weighted by Gasteiger charge is 2.11. The first kappa shape index (κ1) is 12.5. The molecule has 0 saturated heterocycles. The van der Waals surface area contributed by atoms with Crippen LogP contribution in [0, 0.1) is 11.6 Å². The van der Waals surface area contributed by atoms with Gasteiger partial charge in [0.15, 0.2) is 17.5 Å². The second-order valence-electron chi connectivity index (χ2n) is 4.32. The lowest BCUT2D eigenvalue weighted by Crippen LogP contribution is -1.98. The number of hydrogen-bond acceptors (Lipinski definition) is 3. The van der Waals surface area contributed by atoms with Crippen molar-refractivity contribution in [3.8, 4) is 11.3 Å². The Labute approximate surface area is 114 Å². The zero-order valence-electron chi connectivity index (χ0n) is 10.7. The first-order chi connectivity index (χ1) is 9.70. The first-order valence-corrected chi connectivity index (χ1v) is 6.09. The molecule has 1 aromatic heterocycles. The molecule has 0 amide bonds. The number of benzene rings is 2. The molecule has 5 heteroatoms. The molecule has 1 N–H and O–H groups in total. The van der Waals surface area contributed by atoms with Crippen molar-refractivity contribution in [2.75, 3.05) is 12.4 Å². The van der Waals surface area contributed by atoms with Gasteiger partial charge in [0, 0.05) is 23.4 Å². The topological polar surface area (TPSA) is 37.8 Å². The molecule has 3 rings (SSSR count). The number of aromatic nitrogens is 2. The van der Waals surface area contributed by atoms with E-state index in [0.717, 1.165) is 22.9 Å². The Balaban J connectivity index is 2.29. The second kappa shape index (κ2) is 4.85. The molecule has 0 aliphatic rings. The molecule has 0 saturated carbocycles. The summed E-state index contributed by atoms with van der Waals surface area (Å²) in [7, 11) is 1.76. The summed E-state index contributed by atoms with van der Waals surface area (Å²) < 4.78 is 26.4. The van der Waals surface area contributed by atoms with Gasteiger partial charge in [-0.05, 0) is 18.2 Å². The van der Waals surface area contributed by atoms with Gasteiger partial charge in [-0.2, -0.15) is 0 Å². The van der Waals surface area contributed by atoms with Gasteiger partial charge in [0.2, 0.25) is 0 Å². The van der Waals surface area contributed by atoms with Crippen LogP contribution in [0.25, 0.3) is 22.0 Å². The molecule has 0 bridgehead atoms. The molecule has 0 spiro atoms. The summed E-state index contributed by atoms with van der Waals surface area (Å²) in [5, 5.41) is 12.9. The maximum Gasteiger partial charge on any atom is 0.159 e. The molecule has 0 fully saturated rings. The summed E-state index contributed by atoms with van der Waals surface area (Å²) in [5.74, 6) is -1.13. The highest BCUT2D eigenvalue weighted by molar-refractivity contribution is 5.99. The quantitative estimate of drug-likeness (QED) is 0.773. The molecule has 0 atom stereocenters. The van der Waals surface area contributed by atoms with Crippen LogP contribution < -0.4 is 5.32 Å². The van der Waals surface area contributed by atoms with Crippen LogP contribution in [0.2, 0.25) is 0 Å². The van der Waals surface area contributed by atoms with Crippen LogP contribution in [0.1, 0.15) is 0 Å². The minimum absolute atomic E-state index is 0.496. The fraction of sp³-hybridized carbons (Fsp3) is 0.0667. The molecule has 3 aromatic rings. The minimum atomic E-state index is -0.897. The van der Waals surface area contributed by atoms with Gasteiger partial charge in [-0.1, -0.05) is 24.3 Å². The molecule has 0 unspecified atom stereocenters. The van der Waals surface area contributed by atoms with Crippen LogP contribution in [-0.2, 0) is 0 Å². The largest absolute Gasteiger partial charge is 0.371 e. The van der Waals surface area contributed by atoms with E-state index in [4.69, 9.17) is 0 Å². The van der Waals surface area contributed by atoms with E-state index < -0.39 is 11.6 Å². The number of rotatable bonds is 2. The van der Waals surface area contributed by atoms with Crippen LogP contribution in [0.15, 0.2) is 42.5 Å². The maximum absolute atomic E-state index is 13.4. The molecule has 1 heterocycles. The van der Waals surface area contributed by atoms with Gasteiger partial charge in [0.25, 0.3) is 0 Å². The van der Waals surface area contributed by atoms with Crippen molar-refractivity contribution in [2.24, 2.45) is 0 Å². The Bertz CT molecular complexity index is 787. The second-order valence-corrected chi connectivity index (χ2v) is 4.32. The van der Waals surface area contributed by atoms with E-state index >= 15 is 0 Å². The van der Waals surface area contributed by atoms with E-state index in [1.165, 1.54) is 6.07 Å². The van der Waals surface area contributed by atoms with Crippen molar-refractivity contribution < 1.29 is 8.78 Å². The van der Waals surface area contributed by atoms with Gasteiger partial charge in [-0.25, -0.2) is 8.78 Å². The van der Waals surface area contributed by atoms with E-state index in [-0.39, 0.29) is 0 Å². The van der Waals surface area contributed by atoms with E-state index in [0.29, 0.717) is 17.1 Å². The lowest BCUT2D eigenvalue weighted by atomic mass is 10.0. The van der Waals surface area contributed by atoms with Gasteiger partial charge in [0.1, 0.15) is 5.69 Å². The highest BCUT2D eigenvalue weighted by atomic mass is 19.2. The lowest BCUT2D eigenvalue weighted by molar-refractivity contribution is 0.509. The molecule has 100 valence electrons. The van der Waals surface area contributed by atoms with Crippen molar-refractivity contribution in [1.29, 1.82) is 0 Å². The highest BCUT2D eigenvalue weighted by Crippen LogP contribution is 2.29. The predicted molar refractivity (Wildman–Crippen MR) is 74.4 cm³/mol. The normalized spacial score (nSPS) is 10.8. The Kier molecular flexibility index (Phi) is 3.02. The summed E-state index contributed by atoms with van der Waals surface area (Å²) >= 11 is 0. The Morgan fingerprint density at radius 1 is 0.900 bits per heavy atom. The minimum Gasteiger partial charge on any atom is -0.371 e. The lowest BCUT2D eigenvalue weighted by Gasteiger charge is -2.09. The molecule has 0 aliphatic heterocycles. The van der Waals surface area contributed by atoms with Crippen molar-refractivity contribution >= 4 is 16.6 Å². The van der Waals surface area contributed by atoms with Crippen molar-refractivity contribution in [3.63, 3.8) is 0 Å². The Hall–Kier alpha value is -2.56. The Morgan fingerprint density at radius 3 is 2.35 bits per heavy atom. The van der Waals surface area contributed by atoms with E-state index in [1.807, 2.05) is 24.3 Å². The SMILES string of the molecule is CNc1nnc(-c2ccc(F)c(F)c2)c2ccccc12. The van der Waals surface area contributed by atoms with E-state index in [2.05, 4.69) is 15.5 Å². The average Bonchev–Trinajstić information content (AvgIpc) is 2.49. The average molecular weight is 271 g/mol. The summed E-state index contributed by atoms with van der Waals surface area (Å²) in [5.41, 5.74) is 1.02. The van der Waals surface area contributed by atoms with Crippen LogP contribution in [0.5, 0.6) is 0 Å². The molecular formula is C15H11F2N3. The van der Waals surface area contributed by atoms with Gasteiger partial charge in [-0.15, -0.1) is 10.2 Å². The van der Waals surface area contributed by atoms with Gasteiger partial charge in [0.05, 0.1) is 0 Å². The molecule has 3 nitrogen and oxygen atoms in total. The summed E-state index contributed by atoms with van der Waals surface area (Å²) in [6, 6.07) is 11.2. The van der Waals surface area contributed by atoms with E-state index in [1.54, 1.807) is 7.05 Å². The molecule has 0 radical (unpaired) electrons. The van der Waals surface area contributed by atoms with Gasteiger partial charge >= 0.3 is 0 Å². The number of nitrogens with one attached hydrogen (secondary N) is 1. The third-order valence-electron chi connectivity index (χ3n) is 3.12. The van der Waals surface area contributed by atoms with Crippen molar-refractivity contribution in [1.82, 2.24) is 10.2 Å². The zero-order valence-corrected chi connectivity index (χ0v) is 10.7. The fourth-order valence-corrected chi connectivity index (χ4v) is 2.15. The van der Waals surface area contributed by atoms with E-state index in [9.17, 15) is 8.78 Å². The molecular weight excluding hydrogens is 260 g/mol. The smallest absolute Gasteiger partial charge is 0.159 e. The number of halogens is 2. The van der Waals surface area contributed by atoms with Crippen molar-refractivity contribution in [2.45, 2.75) is 0 Å². The standard InChI is InChI=1S/C15H11F2N3/c1-18-15-11-5-3-2-4-10(11)14(19-20-15)9-6-7-12(16)13(17)8-9/h2-8H,1H3,(H,18,20). The fourth-order valence-electron chi connectivity index (χ4n) is 2.15. The van der Waals surface area contributed by atoms with Crippen LogP contribution in [0.3, 0.4) is 0 Å². The summed E-state index contributed by atoms with van der Waals surface area (Å²) in [6.07, 6.45) is 0. The van der Waals surface area contributed by atoms with Crippen LogP contribution >= 0.6 is 0 Å². The number of fused-ring (bicyclic) bond motifs is 1. The predicted octanol–water partition coefficient (Wildman–Crippen LogP) is 3.62. The number of hydrogen-bond donors (Lipinski definition) is 1.